The van der Waals surface area contributed by atoms with Crippen molar-refractivity contribution in [3.05, 3.63) is 108 Å². The van der Waals surface area contributed by atoms with E-state index in [0.717, 1.165) is 28.0 Å². The van der Waals surface area contributed by atoms with Crippen molar-refractivity contribution in [3.63, 3.8) is 0 Å². The molecule has 2 heterocycles. The van der Waals surface area contributed by atoms with E-state index in [4.69, 9.17) is 0 Å². The number of fused-ring (bicyclic) bond motifs is 1. The van der Waals surface area contributed by atoms with Crippen molar-refractivity contribution in [1.82, 2.24) is 15.0 Å². The number of rotatable bonds is 5. The summed E-state index contributed by atoms with van der Waals surface area (Å²) < 4.78 is 53.9. The van der Waals surface area contributed by atoms with Crippen LogP contribution >= 0.6 is 0 Å². The molecule has 0 saturated heterocycles. The minimum Gasteiger partial charge on any atom is -0.256 e. The van der Waals surface area contributed by atoms with Crippen molar-refractivity contribution in [1.29, 1.82) is 0 Å². The van der Waals surface area contributed by atoms with Gasteiger partial charge < -0.3 is 0 Å². The van der Waals surface area contributed by atoms with Crippen LogP contribution in [0.4, 0.5) is 8.78 Å². The maximum atomic E-state index is 14.3. The van der Waals surface area contributed by atoms with Gasteiger partial charge in [0.05, 0.1) is 22.0 Å². The molecule has 0 amide bonds. The molecule has 0 radical (unpaired) electrons. The summed E-state index contributed by atoms with van der Waals surface area (Å²) in [6.45, 7) is 1.87. The molecule has 5 aromatic rings. The van der Waals surface area contributed by atoms with Gasteiger partial charge in [0, 0.05) is 28.9 Å². The zero-order valence-corrected chi connectivity index (χ0v) is 19.4. The van der Waals surface area contributed by atoms with Gasteiger partial charge in [0.2, 0.25) is 0 Å². The lowest BCUT2D eigenvalue weighted by Gasteiger charge is -2.12. The highest BCUT2D eigenvalue weighted by Crippen LogP contribution is 2.34. The van der Waals surface area contributed by atoms with Gasteiger partial charge >= 0.3 is 0 Å². The van der Waals surface area contributed by atoms with Gasteiger partial charge in [-0.3, -0.25) is 4.98 Å². The average Bonchev–Trinajstić information content (AvgIpc) is 2.85. The smallest absolute Gasteiger partial charge is 0.184 e. The lowest BCUT2D eigenvalue weighted by atomic mass is 9.95. The number of aromatic nitrogens is 3. The molecule has 0 aliphatic rings. The number of hydrogen-bond acceptors (Lipinski definition) is 5. The zero-order chi connectivity index (χ0) is 24.6. The highest BCUT2D eigenvalue weighted by molar-refractivity contribution is 7.90. The Labute approximate surface area is 201 Å². The number of sulfone groups is 1. The van der Waals surface area contributed by atoms with Gasteiger partial charge in [-0.15, -0.1) is 0 Å². The molecule has 0 unspecified atom stereocenters. The highest BCUT2D eigenvalue weighted by Gasteiger charge is 2.18. The van der Waals surface area contributed by atoms with E-state index in [1.54, 1.807) is 48.7 Å². The lowest BCUT2D eigenvalue weighted by Crippen LogP contribution is -2.06. The van der Waals surface area contributed by atoms with Crippen LogP contribution in [0.25, 0.3) is 33.2 Å². The van der Waals surface area contributed by atoms with Crippen LogP contribution in [0.5, 0.6) is 0 Å². The molecule has 0 atom stereocenters. The SMILES string of the molecule is Cc1cc(-c2cccc(F)c2F)ccc1-c1nccc2cc(S(=O)(=O)Cc3ccncn3)ccc12. The summed E-state index contributed by atoms with van der Waals surface area (Å²) in [5, 5.41) is 1.50. The molecule has 8 heteroatoms. The van der Waals surface area contributed by atoms with Crippen LogP contribution in [0.15, 0.2) is 90.3 Å². The van der Waals surface area contributed by atoms with Crippen LogP contribution in [-0.4, -0.2) is 23.4 Å². The molecule has 2 aromatic heterocycles. The fourth-order valence-electron chi connectivity index (χ4n) is 4.07. The molecule has 5 nitrogen and oxygen atoms in total. The molecule has 0 spiro atoms. The van der Waals surface area contributed by atoms with Gasteiger partial charge in [-0.25, -0.2) is 27.2 Å². The molecule has 0 fully saturated rings. The molecule has 174 valence electrons. The van der Waals surface area contributed by atoms with Gasteiger partial charge in [-0.05, 0) is 53.8 Å². The van der Waals surface area contributed by atoms with Gasteiger partial charge in [0.25, 0.3) is 0 Å². The molecule has 35 heavy (non-hydrogen) atoms. The van der Waals surface area contributed by atoms with Crippen LogP contribution in [0, 0.1) is 18.6 Å². The van der Waals surface area contributed by atoms with Gasteiger partial charge in [-0.2, -0.15) is 0 Å². The van der Waals surface area contributed by atoms with Crippen LogP contribution in [0.1, 0.15) is 11.3 Å². The number of nitrogens with zero attached hydrogens (tertiary/aromatic N) is 3. The second kappa shape index (κ2) is 8.96. The first-order chi connectivity index (χ1) is 16.8. The van der Waals surface area contributed by atoms with Crippen molar-refractivity contribution < 1.29 is 17.2 Å². The molecule has 0 N–H and O–H groups in total. The first kappa shape index (κ1) is 22.7. The third-order valence-electron chi connectivity index (χ3n) is 5.82. The van der Waals surface area contributed by atoms with E-state index in [-0.39, 0.29) is 16.2 Å². The third kappa shape index (κ3) is 4.40. The van der Waals surface area contributed by atoms with E-state index in [1.165, 1.54) is 24.7 Å². The molecular weight excluding hydrogens is 468 g/mol. The van der Waals surface area contributed by atoms with Crippen molar-refractivity contribution >= 4 is 20.6 Å². The monoisotopic (exact) mass is 487 g/mol. The Bertz CT molecular complexity index is 1670. The maximum Gasteiger partial charge on any atom is 0.184 e. The van der Waals surface area contributed by atoms with E-state index >= 15 is 0 Å². The van der Waals surface area contributed by atoms with E-state index in [1.807, 2.05) is 13.0 Å². The van der Waals surface area contributed by atoms with E-state index in [9.17, 15) is 17.2 Å². The Morgan fingerprint density at radius 3 is 2.49 bits per heavy atom. The molecule has 0 saturated carbocycles. The van der Waals surface area contributed by atoms with Crippen LogP contribution in [-0.2, 0) is 15.6 Å². The number of halogens is 2. The van der Waals surface area contributed by atoms with Crippen LogP contribution in [0.3, 0.4) is 0 Å². The summed E-state index contributed by atoms with van der Waals surface area (Å²) in [6.07, 6.45) is 4.45. The molecular formula is C27H19F2N3O2S. The highest BCUT2D eigenvalue weighted by atomic mass is 32.2. The predicted octanol–water partition coefficient (Wildman–Crippen LogP) is 5.92. The van der Waals surface area contributed by atoms with Crippen LogP contribution < -0.4 is 0 Å². The van der Waals surface area contributed by atoms with Crippen molar-refractivity contribution in [2.24, 2.45) is 0 Å². The second-order valence-electron chi connectivity index (χ2n) is 8.13. The third-order valence-corrected chi connectivity index (χ3v) is 7.47. The van der Waals surface area contributed by atoms with Crippen LogP contribution in [0.2, 0.25) is 0 Å². The summed E-state index contributed by atoms with van der Waals surface area (Å²) in [5.41, 5.74) is 3.47. The second-order valence-corrected chi connectivity index (χ2v) is 10.1. The normalized spacial score (nSPS) is 11.6. The van der Waals surface area contributed by atoms with E-state index in [0.29, 0.717) is 17.0 Å². The molecule has 0 bridgehead atoms. The number of pyridine rings is 1. The van der Waals surface area contributed by atoms with E-state index in [2.05, 4.69) is 15.0 Å². The van der Waals surface area contributed by atoms with Gasteiger partial charge in [0.15, 0.2) is 21.5 Å². The summed E-state index contributed by atoms with van der Waals surface area (Å²) in [7, 11) is -3.61. The maximum absolute atomic E-state index is 14.3. The largest absolute Gasteiger partial charge is 0.256 e. The Morgan fingerprint density at radius 1 is 0.857 bits per heavy atom. The Morgan fingerprint density at radius 2 is 1.71 bits per heavy atom. The summed E-state index contributed by atoms with van der Waals surface area (Å²) in [6, 6.07) is 17.7. The number of hydrogen-bond donors (Lipinski definition) is 0. The number of benzene rings is 3. The number of aryl methyl sites for hydroxylation is 1. The quantitative estimate of drug-likeness (QED) is 0.308. The lowest BCUT2D eigenvalue weighted by molar-refractivity contribution is 0.511. The topological polar surface area (TPSA) is 72.8 Å². The van der Waals surface area contributed by atoms with Gasteiger partial charge in [0.1, 0.15) is 6.33 Å². The minimum absolute atomic E-state index is 0.184. The molecule has 3 aromatic carbocycles. The molecule has 0 aliphatic carbocycles. The van der Waals surface area contributed by atoms with Crippen molar-refractivity contribution in [3.8, 4) is 22.4 Å². The Kier molecular flexibility index (Phi) is 5.82. The Hall–Kier alpha value is -4.04. The Balaban J connectivity index is 1.54. The standard InChI is InChI=1S/C27H19F2N3O2S/c1-17-13-18(23-3-2-4-25(28)26(23)29)5-7-22(17)27-24-8-6-21(14-19(24)9-12-31-27)35(33,34)15-20-10-11-30-16-32-20/h2-14,16H,15H2,1H3. The fourth-order valence-corrected chi connectivity index (χ4v) is 5.38. The van der Waals surface area contributed by atoms with Crippen molar-refractivity contribution in [2.45, 2.75) is 17.6 Å². The summed E-state index contributed by atoms with van der Waals surface area (Å²) >= 11 is 0. The zero-order valence-electron chi connectivity index (χ0n) is 18.6. The molecule has 5 rings (SSSR count). The summed E-state index contributed by atoms with van der Waals surface area (Å²) in [5.74, 6) is -2.01. The minimum atomic E-state index is -3.61. The first-order valence-electron chi connectivity index (χ1n) is 10.8. The molecule has 0 aliphatic heterocycles. The van der Waals surface area contributed by atoms with Crippen molar-refractivity contribution in [2.75, 3.05) is 0 Å². The first-order valence-corrected chi connectivity index (χ1v) is 12.4. The van der Waals surface area contributed by atoms with Gasteiger partial charge in [-0.1, -0.05) is 36.4 Å². The summed E-state index contributed by atoms with van der Waals surface area (Å²) in [4.78, 5) is 12.5. The predicted molar refractivity (Wildman–Crippen MR) is 130 cm³/mol. The average molecular weight is 488 g/mol. The fraction of sp³-hybridized carbons (Fsp3) is 0.0741. The van der Waals surface area contributed by atoms with E-state index < -0.39 is 21.5 Å².